The third kappa shape index (κ3) is 2.88. The number of halogens is 1. The number of aromatic nitrogens is 2. The third-order valence-electron chi connectivity index (χ3n) is 2.28. The van der Waals surface area contributed by atoms with Crippen molar-refractivity contribution in [2.24, 2.45) is 0 Å². The van der Waals surface area contributed by atoms with Crippen molar-refractivity contribution in [3.8, 4) is 11.5 Å². The summed E-state index contributed by atoms with van der Waals surface area (Å²) in [5, 5.41) is 7.68. The van der Waals surface area contributed by atoms with Gasteiger partial charge >= 0.3 is 0 Å². The van der Waals surface area contributed by atoms with E-state index < -0.39 is 9.84 Å². The summed E-state index contributed by atoms with van der Waals surface area (Å²) < 4.78 is 28.3. The van der Waals surface area contributed by atoms with Crippen LogP contribution in [0.3, 0.4) is 0 Å². The lowest BCUT2D eigenvalue weighted by molar-refractivity contribution is 0.513. The van der Waals surface area contributed by atoms with Gasteiger partial charge in [-0.3, -0.25) is 0 Å². The maximum Gasteiger partial charge on any atom is 0.247 e. The van der Waals surface area contributed by atoms with Crippen molar-refractivity contribution in [1.29, 1.82) is 0 Å². The van der Waals surface area contributed by atoms with Gasteiger partial charge in [0.25, 0.3) is 0 Å². The largest absolute Gasteiger partial charge is 0.421 e. The second kappa shape index (κ2) is 5.07. The number of hydrogen-bond donors (Lipinski definition) is 0. The maximum absolute atomic E-state index is 11.4. The molecule has 2 aromatic rings. The van der Waals surface area contributed by atoms with Crippen LogP contribution in [0.15, 0.2) is 33.6 Å². The minimum atomic E-state index is -3.25. The van der Waals surface area contributed by atoms with E-state index in [1.54, 1.807) is 12.1 Å². The zero-order valence-electron chi connectivity index (χ0n) is 9.63. The molecule has 96 valence electrons. The van der Waals surface area contributed by atoms with Gasteiger partial charge in [-0.05, 0) is 18.2 Å². The molecule has 0 saturated carbocycles. The lowest BCUT2D eigenvalue weighted by atomic mass is 10.2. The van der Waals surface area contributed by atoms with Crippen LogP contribution in [0.5, 0.6) is 0 Å². The van der Waals surface area contributed by atoms with E-state index >= 15 is 0 Å². The minimum absolute atomic E-state index is 0.220. The molecule has 0 aliphatic heterocycles. The highest BCUT2D eigenvalue weighted by Gasteiger charge is 2.12. The molecule has 0 aliphatic rings. The molecule has 0 unspecified atom stereocenters. The van der Waals surface area contributed by atoms with Gasteiger partial charge in [-0.2, -0.15) is 0 Å². The summed E-state index contributed by atoms with van der Waals surface area (Å²) >= 11 is 5.57. The average molecular weight is 287 g/mol. The first kappa shape index (κ1) is 13.0. The highest BCUT2D eigenvalue weighted by molar-refractivity contribution is 7.90. The van der Waals surface area contributed by atoms with E-state index in [0.29, 0.717) is 29.6 Å². The van der Waals surface area contributed by atoms with Gasteiger partial charge in [0.05, 0.1) is 4.90 Å². The van der Waals surface area contributed by atoms with E-state index in [9.17, 15) is 8.42 Å². The van der Waals surface area contributed by atoms with E-state index in [4.69, 9.17) is 16.0 Å². The van der Waals surface area contributed by atoms with Crippen LogP contribution in [-0.2, 0) is 16.3 Å². The minimum Gasteiger partial charge on any atom is -0.421 e. The number of hydrogen-bond acceptors (Lipinski definition) is 5. The standard InChI is InChI=1S/C11H11ClN2O3S/c1-18(15,16)9-4-2-3-8(7-9)11-14-13-10(17-11)5-6-12/h2-4,7H,5-6H2,1H3. The molecular formula is C11H11ClN2O3S. The zero-order chi connectivity index (χ0) is 13.2. The first-order valence-electron chi connectivity index (χ1n) is 5.19. The Morgan fingerprint density at radius 3 is 2.78 bits per heavy atom. The van der Waals surface area contributed by atoms with Crippen LogP contribution in [0.2, 0.25) is 0 Å². The van der Waals surface area contributed by atoms with Crippen LogP contribution in [0.4, 0.5) is 0 Å². The van der Waals surface area contributed by atoms with Crippen LogP contribution in [-0.4, -0.2) is 30.8 Å². The SMILES string of the molecule is CS(=O)(=O)c1cccc(-c2nnc(CCCl)o2)c1. The molecule has 0 radical (unpaired) electrons. The first-order chi connectivity index (χ1) is 8.50. The Morgan fingerprint density at radius 1 is 1.33 bits per heavy atom. The second-order valence-electron chi connectivity index (χ2n) is 3.74. The van der Waals surface area contributed by atoms with Crippen molar-refractivity contribution in [2.75, 3.05) is 12.1 Å². The molecule has 0 spiro atoms. The summed E-state index contributed by atoms with van der Waals surface area (Å²) in [4.78, 5) is 0.220. The molecule has 2 rings (SSSR count). The molecule has 1 aromatic carbocycles. The molecule has 1 heterocycles. The Labute approximate surface area is 110 Å². The fourth-order valence-corrected chi connectivity index (χ4v) is 2.24. The van der Waals surface area contributed by atoms with Crippen LogP contribution in [0.25, 0.3) is 11.5 Å². The smallest absolute Gasteiger partial charge is 0.247 e. The fourth-order valence-electron chi connectivity index (χ4n) is 1.41. The van der Waals surface area contributed by atoms with Gasteiger partial charge < -0.3 is 4.42 Å². The number of sulfone groups is 1. The highest BCUT2D eigenvalue weighted by Crippen LogP contribution is 2.21. The summed E-state index contributed by atoms with van der Waals surface area (Å²) in [5.74, 6) is 1.12. The molecule has 18 heavy (non-hydrogen) atoms. The van der Waals surface area contributed by atoms with E-state index in [1.807, 2.05) is 0 Å². The Kier molecular flexibility index (Phi) is 3.68. The van der Waals surface area contributed by atoms with Gasteiger partial charge in [0, 0.05) is 24.1 Å². The maximum atomic E-state index is 11.4. The van der Waals surface area contributed by atoms with E-state index in [1.165, 1.54) is 12.1 Å². The van der Waals surface area contributed by atoms with Gasteiger partial charge in [-0.1, -0.05) is 6.07 Å². The number of aryl methyl sites for hydroxylation is 1. The molecule has 0 amide bonds. The van der Waals surface area contributed by atoms with Crippen molar-refractivity contribution in [3.05, 3.63) is 30.2 Å². The Morgan fingerprint density at radius 2 is 2.11 bits per heavy atom. The van der Waals surface area contributed by atoms with E-state index in [0.717, 1.165) is 6.26 Å². The Hall–Kier alpha value is -1.40. The molecule has 0 aliphatic carbocycles. The molecule has 0 bridgehead atoms. The number of nitrogens with zero attached hydrogens (tertiary/aromatic N) is 2. The molecular weight excluding hydrogens is 276 g/mol. The van der Waals surface area contributed by atoms with Crippen molar-refractivity contribution in [2.45, 2.75) is 11.3 Å². The monoisotopic (exact) mass is 286 g/mol. The number of alkyl halides is 1. The lowest BCUT2D eigenvalue weighted by Gasteiger charge is -1.99. The highest BCUT2D eigenvalue weighted by atomic mass is 35.5. The van der Waals surface area contributed by atoms with Gasteiger partial charge in [-0.15, -0.1) is 21.8 Å². The summed E-state index contributed by atoms with van der Waals surface area (Å²) in [6.07, 6.45) is 1.64. The average Bonchev–Trinajstić information content (AvgIpc) is 2.77. The topological polar surface area (TPSA) is 73.1 Å². The van der Waals surface area contributed by atoms with Crippen molar-refractivity contribution >= 4 is 21.4 Å². The first-order valence-corrected chi connectivity index (χ1v) is 7.62. The van der Waals surface area contributed by atoms with Gasteiger partial charge in [0.2, 0.25) is 11.8 Å². The normalized spacial score (nSPS) is 11.7. The molecule has 0 N–H and O–H groups in total. The molecule has 7 heteroatoms. The predicted molar refractivity (Wildman–Crippen MR) is 67.3 cm³/mol. The summed E-state index contributed by atoms with van der Waals surface area (Å²) in [6.45, 7) is 0. The van der Waals surface area contributed by atoms with Crippen molar-refractivity contribution in [1.82, 2.24) is 10.2 Å². The molecule has 0 fully saturated rings. The van der Waals surface area contributed by atoms with Crippen LogP contribution in [0, 0.1) is 0 Å². The Balaban J connectivity index is 2.38. The van der Waals surface area contributed by atoms with Crippen LogP contribution in [0.1, 0.15) is 5.89 Å². The predicted octanol–water partition coefficient (Wildman–Crippen LogP) is 1.92. The molecule has 5 nitrogen and oxygen atoms in total. The van der Waals surface area contributed by atoms with E-state index in [-0.39, 0.29) is 4.90 Å². The van der Waals surface area contributed by atoms with Crippen molar-refractivity contribution in [3.63, 3.8) is 0 Å². The van der Waals surface area contributed by atoms with Gasteiger partial charge in [0.1, 0.15) is 0 Å². The fraction of sp³-hybridized carbons (Fsp3) is 0.273. The summed E-state index contributed by atoms with van der Waals surface area (Å²) in [5.41, 5.74) is 0.575. The second-order valence-corrected chi connectivity index (χ2v) is 6.13. The third-order valence-corrected chi connectivity index (χ3v) is 3.58. The molecule has 1 aromatic heterocycles. The molecule has 0 atom stereocenters. The summed E-state index contributed by atoms with van der Waals surface area (Å²) in [6, 6.07) is 6.38. The zero-order valence-corrected chi connectivity index (χ0v) is 11.2. The Bertz CT molecular complexity index is 652. The van der Waals surface area contributed by atoms with E-state index in [2.05, 4.69) is 10.2 Å². The van der Waals surface area contributed by atoms with Crippen LogP contribution >= 0.6 is 11.6 Å². The lowest BCUT2D eigenvalue weighted by Crippen LogP contribution is -1.96. The number of rotatable bonds is 4. The quantitative estimate of drug-likeness (QED) is 0.803. The number of benzene rings is 1. The summed E-state index contributed by atoms with van der Waals surface area (Å²) in [7, 11) is -3.25. The molecule has 0 saturated heterocycles. The van der Waals surface area contributed by atoms with Crippen LogP contribution < -0.4 is 0 Å². The van der Waals surface area contributed by atoms with Gasteiger partial charge in [-0.25, -0.2) is 8.42 Å². The van der Waals surface area contributed by atoms with Crippen molar-refractivity contribution < 1.29 is 12.8 Å². The van der Waals surface area contributed by atoms with Gasteiger partial charge in [0.15, 0.2) is 9.84 Å².